The Hall–Kier alpha value is -2.59. The Labute approximate surface area is 116 Å². The molecule has 1 aromatic carbocycles. The van der Waals surface area contributed by atoms with Crippen LogP contribution in [0.25, 0.3) is 0 Å². The fourth-order valence-electron chi connectivity index (χ4n) is 1.46. The Balaban J connectivity index is 2.57. The number of hydrogen-bond acceptors (Lipinski definition) is 4. The second kappa shape index (κ2) is 7.76. The first kappa shape index (κ1) is 15.5. The number of ether oxygens (including phenoxy) is 1. The van der Waals surface area contributed by atoms with Crippen molar-refractivity contribution in [2.75, 3.05) is 19.0 Å². The number of nitrogens with one attached hydrogen (secondary N) is 2. The van der Waals surface area contributed by atoms with E-state index in [1.54, 1.807) is 24.3 Å². The van der Waals surface area contributed by atoms with Crippen molar-refractivity contribution in [3.05, 3.63) is 29.8 Å². The van der Waals surface area contributed by atoms with Crippen LogP contribution in [0, 0.1) is 11.3 Å². The number of carbonyl (C=O) groups is 2. The molecule has 3 N–H and O–H groups in total. The van der Waals surface area contributed by atoms with Crippen molar-refractivity contribution in [2.45, 2.75) is 12.5 Å². The van der Waals surface area contributed by atoms with Crippen molar-refractivity contribution in [3.63, 3.8) is 0 Å². The average molecular weight is 277 g/mol. The van der Waals surface area contributed by atoms with Crippen molar-refractivity contribution in [1.29, 1.82) is 5.26 Å². The lowest BCUT2D eigenvalue weighted by atomic mass is 10.1. The topological polar surface area (TPSA) is 111 Å². The summed E-state index contributed by atoms with van der Waals surface area (Å²) >= 11 is 0. The van der Waals surface area contributed by atoms with Gasteiger partial charge in [-0.15, -0.1) is 0 Å². The predicted molar refractivity (Wildman–Crippen MR) is 71.2 cm³/mol. The average Bonchev–Trinajstić information content (AvgIpc) is 2.40. The van der Waals surface area contributed by atoms with Gasteiger partial charge >= 0.3 is 12.0 Å². The van der Waals surface area contributed by atoms with E-state index >= 15 is 0 Å². The summed E-state index contributed by atoms with van der Waals surface area (Å²) in [5, 5.41) is 22.2. The third-order valence-corrected chi connectivity index (χ3v) is 2.43. The van der Waals surface area contributed by atoms with Crippen LogP contribution >= 0.6 is 0 Å². The lowest BCUT2D eigenvalue weighted by Gasteiger charge is -2.14. The number of nitrogens with zero attached hydrogens (tertiary/aromatic N) is 1. The van der Waals surface area contributed by atoms with Crippen LogP contribution in [-0.4, -0.2) is 36.9 Å². The van der Waals surface area contributed by atoms with E-state index in [2.05, 4.69) is 10.6 Å². The van der Waals surface area contributed by atoms with Crippen LogP contribution in [0.4, 0.5) is 10.5 Å². The lowest BCUT2D eigenvalue weighted by molar-refractivity contribution is -0.140. The van der Waals surface area contributed by atoms with Crippen LogP contribution in [0.2, 0.25) is 0 Å². The second-order valence-electron chi connectivity index (χ2n) is 3.98. The summed E-state index contributed by atoms with van der Waals surface area (Å²) in [4.78, 5) is 22.5. The molecule has 1 rings (SSSR count). The number of hydrogen-bond donors (Lipinski definition) is 3. The normalized spacial score (nSPS) is 11.2. The minimum atomic E-state index is -1.17. The van der Waals surface area contributed by atoms with Gasteiger partial charge in [0.05, 0.1) is 19.1 Å². The zero-order chi connectivity index (χ0) is 15.0. The predicted octanol–water partition coefficient (Wildman–Crippen LogP) is 0.974. The zero-order valence-electron chi connectivity index (χ0n) is 10.9. The Morgan fingerprint density at radius 1 is 1.40 bits per heavy atom. The van der Waals surface area contributed by atoms with E-state index in [9.17, 15) is 9.59 Å². The van der Waals surface area contributed by atoms with E-state index < -0.39 is 18.0 Å². The molecule has 106 valence electrons. The quantitative estimate of drug-likeness (QED) is 0.717. The summed E-state index contributed by atoms with van der Waals surface area (Å²) in [6.45, 7) is -0.121. The number of anilines is 1. The summed E-state index contributed by atoms with van der Waals surface area (Å²) in [6.07, 6.45) is 0.293. The van der Waals surface area contributed by atoms with Gasteiger partial charge in [-0.05, 0) is 17.7 Å². The maximum atomic E-state index is 11.6. The van der Waals surface area contributed by atoms with Gasteiger partial charge in [0, 0.05) is 12.8 Å². The number of amides is 2. The molecular formula is C13H15N3O4. The van der Waals surface area contributed by atoms with Crippen LogP contribution in [0.5, 0.6) is 0 Å². The third-order valence-electron chi connectivity index (χ3n) is 2.43. The Kier molecular flexibility index (Phi) is 6.00. The molecule has 1 unspecified atom stereocenters. The van der Waals surface area contributed by atoms with E-state index in [1.165, 1.54) is 7.11 Å². The maximum Gasteiger partial charge on any atom is 0.328 e. The first-order chi connectivity index (χ1) is 9.56. The minimum Gasteiger partial charge on any atom is -0.480 e. The number of urea groups is 1. The summed E-state index contributed by atoms with van der Waals surface area (Å²) in [5.74, 6) is -1.17. The molecule has 0 radical (unpaired) electrons. The summed E-state index contributed by atoms with van der Waals surface area (Å²) in [5.41, 5.74) is 1.34. The van der Waals surface area contributed by atoms with Gasteiger partial charge in [-0.2, -0.15) is 5.26 Å². The standard InChI is InChI=1S/C13H15N3O4/c1-20-8-11(12(17)18)16-13(19)15-10-4-2-9(3-5-10)6-7-14/h2-5,11H,6,8H2,1H3,(H,17,18)(H2,15,16,19). The highest BCUT2D eigenvalue weighted by Crippen LogP contribution is 2.09. The number of methoxy groups -OCH3 is 1. The van der Waals surface area contributed by atoms with Crippen LogP contribution in [0.15, 0.2) is 24.3 Å². The van der Waals surface area contributed by atoms with E-state index in [4.69, 9.17) is 15.1 Å². The maximum absolute atomic E-state index is 11.6. The molecule has 20 heavy (non-hydrogen) atoms. The van der Waals surface area contributed by atoms with Crippen molar-refractivity contribution in [1.82, 2.24) is 5.32 Å². The smallest absolute Gasteiger partial charge is 0.328 e. The summed E-state index contributed by atoms with van der Waals surface area (Å²) in [7, 11) is 1.35. The van der Waals surface area contributed by atoms with Gasteiger partial charge in [-0.3, -0.25) is 0 Å². The highest BCUT2D eigenvalue weighted by atomic mass is 16.5. The third kappa shape index (κ3) is 4.96. The molecule has 7 heteroatoms. The first-order valence-electron chi connectivity index (χ1n) is 5.82. The number of rotatable bonds is 6. The van der Waals surface area contributed by atoms with Gasteiger partial charge in [-0.25, -0.2) is 9.59 Å². The molecule has 7 nitrogen and oxygen atoms in total. The lowest BCUT2D eigenvalue weighted by Crippen LogP contribution is -2.45. The van der Waals surface area contributed by atoms with Gasteiger partial charge in [0.25, 0.3) is 0 Å². The fraction of sp³-hybridized carbons (Fsp3) is 0.308. The molecule has 0 aliphatic carbocycles. The molecule has 0 spiro atoms. The Bertz CT molecular complexity index is 507. The van der Waals surface area contributed by atoms with Crippen LogP contribution in [0.3, 0.4) is 0 Å². The van der Waals surface area contributed by atoms with Crippen LogP contribution in [-0.2, 0) is 16.0 Å². The van der Waals surface area contributed by atoms with Crippen molar-refractivity contribution < 1.29 is 19.4 Å². The highest BCUT2D eigenvalue weighted by Gasteiger charge is 2.19. The van der Waals surface area contributed by atoms with Crippen LogP contribution in [0.1, 0.15) is 5.56 Å². The van der Waals surface area contributed by atoms with E-state index in [-0.39, 0.29) is 6.61 Å². The fourth-order valence-corrected chi connectivity index (χ4v) is 1.46. The zero-order valence-corrected chi connectivity index (χ0v) is 10.9. The molecule has 0 fully saturated rings. The van der Waals surface area contributed by atoms with E-state index in [0.717, 1.165) is 5.56 Å². The number of benzene rings is 1. The number of carboxylic acid groups (broad SMARTS) is 1. The largest absolute Gasteiger partial charge is 0.480 e. The molecule has 2 amide bonds. The molecule has 0 aliphatic heterocycles. The molecule has 0 aliphatic rings. The van der Waals surface area contributed by atoms with Gasteiger partial charge in [-0.1, -0.05) is 12.1 Å². The number of nitriles is 1. The van der Waals surface area contributed by atoms with Gasteiger partial charge in [0.2, 0.25) is 0 Å². The number of carbonyl (C=O) groups excluding carboxylic acids is 1. The molecule has 0 saturated carbocycles. The van der Waals surface area contributed by atoms with E-state index in [1.807, 2.05) is 6.07 Å². The van der Waals surface area contributed by atoms with Crippen LogP contribution < -0.4 is 10.6 Å². The second-order valence-corrected chi connectivity index (χ2v) is 3.98. The first-order valence-corrected chi connectivity index (χ1v) is 5.82. The molecule has 0 bridgehead atoms. The minimum absolute atomic E-state index is 0.121. The Morgan fingerprint density at radius 2 is 2.05 bits per heavy atom. The van der Waals surface area contributed by atoms with Crippen molar-refractivity contribution >= 4 is 17.7 Å². The van der Waals surface area contributed by atoms with Gasteiger partial charge in [0.1, 0.15) is 0 Å². The molecule has 1 aromatic rings. The summed E-state index contributed by atoms with van der Waals surface area (Å²) < 4.78 is 4.71. The molecular weight excluding hydrogens is 262 g/mol. The molecule has 1 atom stereocenters. The van der Waals surface area contributed by atoms with Crippen molar-refractivity contribution in [3.8, 4) is 6.07 Å². The molecule has 0 heterocycles. The SMILES string of the molecule is COCC(NC(=O)Nc1ccc(CC#N)cc1)C(=O)O. The number of aliphatic carboxylic acids is 1. The van der Waals surface area contributed by atoms with Crippen molar-refractivity contribution in [2.24, 2.45) is 0 Å². The molecule has 0 saturated heterocycles. The Morgan fingerprint density at radius 3 is 2.55 bits per heavy atom. The monoisotopic (exact) mass is 277 g/mol. The van der Waals surface area contributed by atoms with E-state index in [0.29, 0.717) is 12.1 Å². The summed E-state index contributed by atoms with van der Waals surface area (Å²) in [6, 6.07) is 6.96. The molecule has 0 aromatic heterocycles. The van der Waals surface area contributed by atoms with Gasteiger partial charge < -0.3 is 20.5 Å². The highest BCUT2D eigenvalue weighted by molar-refractivity contribution is 5.92. The van der Waals surface area contributed by atoms with Gasteiger partial charge in [0.15, 0.2) is 6.04 Å². The number of carboxylic acids is 1.